The number of nitrogens with zero attached hydrogens (tertiary/aromatic N) is 4. The molecule has 0 spiro atoms. The van der Waals surface area contributed by atoms with Crippen molar-refractivity contribution in [2.24, 2.45) is 10.9 Å². The first-order valence-corrected chi connectivity index (χ1v) is 9.92. The highest BCUT2D eigenvalue weighted by Crippen LogP contribution is 2.20. The third kappa shape index (κ3) is 5.25. The van der Waals surface area contributed by atoms with E-state index in [9.17, 15) is 4.79 Å². The van der Waals surface area contributed by atoms with Crippen LogP contribution in [0.3, 0.4) is 0 Å². The summed E-state index contributed by atoms with van der Waals surface area (Å²) in [6.45, 7) is 2.47. The molecule has 0 bridgehead atoms. The number of carbonyl (C=O) groups is 1. The summed E-state index contributed by atoms with van der Waals surface area (Å²) in [5, 5.41) is 11.3. The summed E-state index contributed by atoms with van der Waals surface area (Å²) in [7, 11) is 3.49. The Balaban J connectivity index is 1.51. The van der Waals surface area contributed by atoms with Crippen LogP contribution in [0.5, 0.6) is 0 Å². The van der Waals surface area contributed by atoms with Crippen LogP contribution in [0.1, 0.15) is 24.8 Å². The Morgan fingerprint density at radius 2 is 2.00 bits per heavy atom. The summed E-state index contributed by atoms with van der Waals surface area (Å²) in [6, 6.07) is 7.58. The van der Waals surface area contributed by atoms with E-state index >= 15 is 0 Å². The van der Waals surface area contributed by atoms with E-state index in [-0.39, 0.29) is 5.91 Å². The van der Waals surface area contributed by atoms with Crippen LogP contribution in [0.2, 0.25) is 5.02 Å². The summed E-state index contributed by atoms with van der Waals surface area (Å²) >= 11 is 5.94. The van der Waals surface area contributed by atoms with Crippen LogP contribution in [-0.2, 0) is 11.3 Å². The van der Waals surface area contributed by atoms with Crippen molar-refractivity contribution in [3.05, 3.63) is 47.2 Å². The molecule has 0 unspecified atom stereocenters. The predicted molar refractivity (Wildman–Crippen MR) is 112 cm³/mol. The Morgan fingerprint density at radius 1 is 1.29 bits per heavy atom. The van der Waals surface area contributed by atoms with Crippen molar-refractivity contribution in [1.29, 1.82) is 0 Å². The molecule has 1 aromatic heterocycles. The molecule has 2 aromatic rings. The minimum Gasteiger partial charge on any atom is -0.359 e. The highest BCUT2D eigenvalue weighted by atomic mass is 35.5. The van der Waals surface area contributed by atoms with Crippen LogP contribution >= 0.6 is 11.6 Å². The van der Waals surface area contributed by atoms with Gasteiger partial charge in [-0.3, -0.25) is 9.79 Å². The molecule has 150 valence electrons. The molecular formula is C20H27ClN6O. The molecule has 0 radical (unpaired) electrons. The lowest BCUT2D eigenvalue weighted by molar-refractivity contribution is -0.121. The van der Waals surface area contributed by atoms with E-state index in [1.165, 1.54) is 0 Å². The zero-order valence-corrected chi connectivity index (χ0v) is 17.1. The molecule has 0 aliphatic carbocycles. The number of guanidine groups is 1. The van der Waals surface area contributed by atoms with E-state index < -0.39 is 0 Å². The Bertz CT molecular complexity index is 808. The fourth-order valence-corrected chi connectivity index (χ4v) is 3.54. The SMILES string of the molecule is CN=C(NCc1cnn(-c2ccc(Cl)cc2)c1)N1CCC(CC(=O)NC)CC1. The summed E-state index contributed by atoms with van der Waals surface area (Å²) in [5.74, 6) is 1.46. The van der Waals surface area contributed by atoms with Gasteiger partial charge in [0, 0.05) is 56.9 Å². The zero-order chi connectivity index (χ0) is 19.9. The summed E-state index contributed by atoms with van der Waals surface area (Å²) in [5.41, 5.74) is 2.05. The molecule has 7 nitrogen and oxygen atoms in total. The first kappa shape index (κ1) is 20.2. The smallest absolute Gasteiger partial charge is 0.220 e. The van der Waals surface area contributed by atoms with E-state index in [1.807, 2.05) is 41.3 Å². The second-order valence-corrected chi connectivity index (χ2v) is 7.41. The average molecular weight is 403 g/mol. The molecule has 3 rings (SSSR count). The monoisotopic (exact) mass is 402 g/mol. The van der Waals surface area contributed by atoms with Gasteiger partial charge in [-0.25, -0.2) is 4.68 Å². The van der Waals surface area contributed by atoms with E-state index in [1.54, 1.807) is 14.1 Å². The van der Waals surface area contributed by atoms with Crippen LogP contribution in [0, 0.1) is 5.92 Å². The molecule has 8 heteroatoms. The first-order chi connectivity index (χ1) is 13.6. The minimum absolute atomic E-state index is 0.124. The Kier molecular flexibility index (Phi) is 6.92. The normalized spacial score (nSPS) is 15.5. The van der Waals surface area contributed by atoms with Gasteiger partial charge in [-0.1, -0.05) is 11.6 Å². The lowest BCUT2D eigenvalue weighted by atomic mass is 9.93. The third-order valence-electron chi connectivity index (χ3n) is 5.06. The first-order valence-electron chi connectivity index (χ1n) is 9.54. The number of aromatic nitrogens is 2. The maximum atomic E-state index is 11.6. The van der Waals surface area contributed by atoms with Crippen molar-refractivity contribution in [2.75, 3.05) is 27.2 Å². The van der Waals surface area contributed by atoms with E-state index in [4.69, 9.17) is 11.6 Å². The molecule has 1 aliphatic heterocycles. The number of piperidine rings is 1. The van der Waals surface area contributed by atoms with E-state index in [0.717, 1.165) is 43.1 Å². The quantitative estimate of drug-likeness (QED) is 0.595. The zero-order valence-electron chi connectivity index (χ0n) is 16.4. The summed E-state index contributed by atoms with van der Waals surface area (Å²) in [4.78, 5) is 18.2. The number of hydrogen-bond donors (Lipinski definition) is 2. The van der Waals surface area contributed by atoms with Crippen LogP contribution in [-0.4, -0.2) is 53.7 Å². The van der Waals surface area contributed by atoms with Crippen molar-refractivity contribution >= 4 is 23.5 Å². The van der Waals surface area contributed by atoms with Gasteiger partial charge >= 0.3 is 0 Å². The molecular weight excluding hydrogens is 376 g/mol. The average Bonchev–Trinajstić information content (AvgIpc) is 3.19. The number of likely N-dealkylation sites (tertiary alicyclic amines) is 1. The number of rotatable bonds is 5. The maximum Gasteiger partial charge on any atom is 0.220 e. The van der Waals surface area contributed by atoms with Crippen LogP contribution in [0.4, 0.5) is 0 Å². The number of amides is 1. The van der Waals surface area contributed by atoms with Crippen molar-refractivity contribution in [1.82, 2.24) is 25.3 Å². The number of benzene rings is 1. The molecule has 1 aromatic carbocycles. The fourth-order valence-electron chi connectivity index (χ4n) is 3.41. The van der Waals surface area contributed by atoms with Gasteiger partial charge in [-0.2, -0.15) is 5.10 Å². The van der Waals surface area contributed by atoms with Gasteiger partial charge in [0.1, 0.15) is 0 Å². The van der Waals surface area contributed by atoms with Crippen LogP contribution in [0.15, 0.2) is 41.7 Å². The molecule has 0 atom stereocenters. The highest BCUT2D eigenvalue weighted by Gasteiger charge is 2.23. The number of aliphatic imine (C=N–C) groups is 1. The van der Waals surface area contributed by atoms with Crippen molar-refractivity contribution < 1.29 is 4.79 Å². The molecule has 1 amide bonds. The van der Waals surface area contributed by atoms with Gasteiger partial charge in [-0.15, -0.1) is 0 Å². The number of halogens is 1. The van der Waals surface area contributed by atoms with Crippen molar-refractivity contribution in [3.8, 4) is 5.69 Å². The molecule has 0 saturated carbocycles. The molecule has 2 heterocycles. The van der Waals surface area contributed by atoms with Gasteiger partial charge in [0.15, 0.2) is 5.96 Å². The second kappa shape index (κ2) is 9.59. The highest BCUT2D eigenvalue weighted by molar-refractivity contribution is 6.30. The standard InChI is InChI=1S/C20H27ClN6O/c1-22-19(28)11-15-7-9-26(10-8-15)20(23-2)24-12-16-13-25-27(14-16)18-5-3-17(21)4-6-18/h3-6,13-15H,7-12H2,1-2H3,(H,22,28)(H,23,24). The molecule has 1 aliphatic rings. The Labute approximate surface area is 170 Å². The summed E-state index contributed by atoms with van der Waals surface area (Å²) < 4.78 is 1.83. The van der Waals surface area contributed by atoms with Gasteiger partial charge in [0.25, 0.3) is 0 Å². The molecule has 1 saturated heterocycles. The lowest BCUT2D eigenvalue weighted by Gasteiger charge is -2.34. The number of nitrogens with one attached hydrogen (secondary N) is 2. The van der Waals surface area contributed by atoms with Crippen molar-refractivity contribution in [2.45, 2.75) is 25.8 Å². The van der Waals surface area contributed by atoms with Crippen LogP contribution < -0.4 is 10.6 Å². The van der Waals surface area contributed by atoms with Crippen molar-refractivity contribution in [3.63, 3.8) is 0 Å². The fraction of sp³-hybridized carbons (Fsp3) is 0.450. The lowest BCUT2D eigenvalue weighted by Crippen LogP contribution is -2.45. The maximum absolute atomic E-state index is 11.6. The molecule has 2 N–H and O–H groups in total. The van der Waals surface area contributed by atoms with E-state index in [0.29, 0.717) is 23.9 Å². The second-order valence-electron chi connectivity index (χ2n) is 6.98. The topological polar surface area (TPSA) is 74.5 Å². The van der Waals surface area contributed by atoms with Gasteiger partial charge in [0.2, 0.25) is 5.91 Å². The Morgan fingerprint density at radius 3 is 2.64 bits per heavy atom. The molecule has 28 heavy (non-hydrogen) atoms. The Hall–Kier alpha value is -2.54. The van der Waals surface area contributed by atoms with Gasteiger partial charge in [-0.05, 0) is 43.0 Å². The minimum atomic E-state index is 0.124. The number of carbonyl (C=O) groups excluding carboxylic acids is 1. The molecule has 1 fully saturated rings. The summed E-state index contributed by atoms with van der Waals surface area (Å²) in [6.07, 6.45) is 6.47. The third-order valence-corrected chi connectivity index (χ3v) is 5.31. The largest absolute Gasteiger partial charge is 0.359 e. The van der Waals surface area contributed by atoms with E-state index in [2.05, 4.69) is 25.6 Å². The predicted octanol–water partition coefficient (Wildman–Crippen LogP) is 2.45. The number of hydrogen-bond acceptors (Lipinski definition) is 3. The van der Waals surface area contributed by atoms with Crippen LogP contribution in [0.25, 0.3) is 5.69 Å². The van der Waals surface area contributed by atoms with Gasteiger partial charge < -0.3 is 15.5 Å². The van der Waals surface area contributed by atoms with Gasteiger partial charge in [0.05, 0.1) is 11.9 Å².